The van der Waals surface area contributed by atoms with E-state index in [4.69, 9.17) is 9.47 Å². The van der Waals surface area contributed by atoms with Gasteiger partial charge in [0.2, 0.25) is 0 Å². The molecule has 0 bridgehead atoms. The Morgan fingerprint density at radius 3 is 2.53 bits per heavy atom. The first-order chi connectivity index (χ1) is 15.2. The molecule has 3 rings (SSSR count). The first kappa shape index (κ1) is 23.3. The third kappa shape index (κ3) is 4.34. The number of thioether (sulfide) groups is 1. The minimum Gasteiger partial charge on any atom is -0.465 e. The number of hydrogen-bond acceptors (Lipinski definition) is 7. The third-order valence-corrected chi connectivity index (χ3v) is 6.08. The van der Waals surface area contributed by atoms with Crippen LogP contribution in [-0.4, -0.2) is 52.8 Å². The molecular weight excluding hydrogens is 432 g/mol. The molecule has 2 amide bonds. The van der Waals surface area contributed by atoms with Crippen molar-refractivity contribution in [2.75, 3.05) is 20.3 Å². The molecule has 0 radical (unpaired) electrons. The quantitative estimate of drug-likeness (QED) is 0.482. The smallest absolute Gasteiger partial charge is 0.338 e. The van der Waals surface area contributed by atoms with Gasteiger partial charge in [-0.05, 0) is 74.9 Å². The Hall–Kier alpha value is -3.33. The largest absolute Gasteiger partial charge is 0.465 e. The molecule has 8 nitrogen and oxygen atoms in total. The number of aryl methyl sites for hydroxylation is 1. The molecule has 2 aromatic rings. The fraction of sp³-hybridized carbons (Fsp3) is 0.304. The number of nitrogens with zero attached hydrogens (tertiary/aromatic N) is 2. The van der Waals surface area contributed by atoms with Gasteiger partial charge in [0.25, 0.3) is 11.1 Å². The first-order valence-electron chi connectivity index (χ1n) is 9.97. The summed E-state index contributed by atoms with van der Waals surface area (Å²) in [5, 5.41) is -0.510. The van der Waals surface area contributed by atoms with Crippen molar-refractivity contribution in [2.45, 2.75) is 27.7 Å². The van der Waals surface area contributed by atoms with Gasteiger partial charge in [0.15, 0.2) is 0 Å². The van der Waals surface area contributed by atoms with Crippen LogP contribution in [-0.2, 0) is 19.1 Å². The molecule has 1 aromatic carbocycles. The third-order valence-electron chi connectivity index (χ3n) is 5.17. The van der Waals surface area contributed by atoms with E-state index in [9.17, 15) is 19.2 Å². The predicted molar refractivity (Wildman–Crippen MR) is 121 cm³/mol. The molecule has 0 N–H and O–H groups in total. The van der Waals surface area contributed by atoms with E-state index in [0.29, 0.717) is 5.56 Å². The second-order valence-corrected chi connectivity index (χ2v) is 8.17. The van der Waals surface area contributed by atoms with Crippen LogP contribution >= 0.6 is 11.8 Å². The van der Waals surface area contributed by atoms with Crippen LogP contribution < -0.4 is 0 Å². The van der Waals surface area contributed by atoms with Gasteiger partial charge in [-0.15, -0.1) is 0 Å². The lowest BCUT2D eigenvalue weighted by molar-refractivity contribution is -0.145. The fourth-order valence-electron chi connectivity index (χ4n) is 3.61. The molecule has 0 spiro atoms. The minimum atomic E-state index is -0.629. The Kier molecular flexibility index (Phi) is 6.88. The lowest BCUT2D eigenvalue weighted by Crippen LogP contribution is -2.34. The number of esters is 2. The Bertz CT molecular complexity index is 1150. The summed E-state index contributed by atoms with van der Waals surface area (Å²) in [5.74, 6) is -1.57. The Balaban J connectivity index is 1.97. The topological polar surface area (TPSA) is 94.9 Å². The average Bonchev–Trinajstić information content (AvgIpc) is 3.17. The Morgan fingerprint density at radius 1 is 1.16 bits per heavy atom. The number of carbonyl (C=O) groups excluding carboxylic acids is 4. The molecule has 32 heavy (non-hydrogen) atoms. The van der Waals surface area contributed by atoms with Crippen LogP contribution in [0, 0.1) is 20.8 Å². The van der Waals surface area contributed by atoms with Gasteiger partial charge in [-0.1, -0.05) is 6.07 Å². The zero-order valence-electron chi connectivity index (χ0n) is 18.6. The number of benzene rings is 1. The van der Waals surface area contributed by atoms with Gasteiger partial charge in [0.1, 0.15) is 6.54 Å². The molecule has 1 aromatic heterocycles. The van der Waals surface area contributed by atoms with Crippen LogP contribution in [0.25, 0.3) is 11.8 Å². The van der Waals surface area contributed by atoms with Crippen molar-refractivity contribution in [3.05, 3.63) is 57.2 Å². The molecule has 1 fully saturated rings. The summed E-state index contributed by atoms with van der Waals surface area (Å²) in [4.78, 5) is 49.9. The maximum atomic E-state index is 12.7. The van der Waals surface area contributed by atoms with Gasteiger partial charge < -0.3 is 14.0 Å². The van der Waals surface area contributed by atoms with E-state index in [1.165, 1.54) is 7.11 Å². The van der Waals surface area contributed by atoms with E-state index in [1.807, 2.05) is 37.5 Å². The molecule has 1 aliphatic rings. The number of rotatable bonds is 6. The van der Waals surface area contributed by atoms with Gasteiger partial charge in [-0.25, -0.2) is 4.79 Å². The maximum absolute atomic E-state index is 12.7. The van der Waals surface area contributed by atoms with Gasteiger partial charge in [-0.3, -0.25) is 19.3 Å². The van der Waals surface area contributed by atoms with Crippen molar-refractivity contribution in [1.29, 1.82) is 0 Å². The van der Waals surface area contributed by atoms with Gasteiger partial charge in [0.05, 0.1) is 24.2 Å². The van der Waals surface area contributed by atoms with Crippen LogP contribution in [0.3, 0.4) is 0 Å². The normalized spacial score (nSPS) is 14.9. The fourth-order valence-corrected chi connectivity index (χ4v) is 4.44. The summed E-state index contributed by atoms with van der Waals surface area (Å²) in [7, 11) is 1.34. The zero-order valence-corrected chi connectivity index (χ0v) is 19.4. The van der Waals surface area contributed by atoms with E-state index in [-0.39, 0.29) is 11.5 Å². The number of imide groups is 1. The van der Waals surface area contributed by atoms with Crippen LogP contribution in [0.2, 0.25) is 0 Å². The van der Waals surface area contributed by atoms with Crippen molar-refractivity contribution in [3.8, 4) is 5.69 Å². The van der Waals surface area contributed by atoms with E-state index >= 15 is 0 Å². The van der Waals surface area contributed by atoms with Crippen LogP contribution in [0.5, 0.6) is 0 Å². The van der Waals surface area contributed by atoms with Crippen molar-refractivity contribution in [3.63, 3.8) is 0 Å². The van der Waals surface area contributed by atoms with Crippen LogP contribution in [0.4, 0.5) is 4.79 Å². The molecule has 168 valence electrons. The predicted octanol–water partition coefficient (Wildman–Crippen LogP) is 3.79. The number of hydrogen-bond donors (Lipinski definition) is 0. The highest BCUT2D eigenvalue weighted by molar-refractivity contribution is 8.18. The molecule has 0 saturated carbocycles. The van der Waals surface area contributed by atoms with E-state index in [2.05, 4.69) is 0 Å². The maximum Gasteiger partial charge on any atom is 0.338 e. The molecule has 1 saturated heterocycles. The zero-order chi connectivity index (χ0) is 23.6. The molecule has 9 heteroatoms. The highest BCUT2D eigenvalue weighted by Crippen LogP contribution is 2.34. The van der Waals surface area contributed by atoms with E-state index < -0.39 is 29.6 Å². The summed E-state index contributed by atoms with van der Waals surface area (Å²) >= 11 is 0.789. The number of aromatic nitrogens is 1. The summed E-state index contributed by atoms with van der Waals surface area (Å²) in [6.45, 7) is 7.08. The highest BCUT2D eigenvalue weighted by Gasteiger charge is 2.36. The monoisotopic (exact) mass is 456 g/mol. The molecule has 2 heterocycles. The highest BCUT2D eigenvalue weighted by atomic mass is 32.2. The van der Waals surface area contributed by atoms with Crippen molar-refractivity contribution in [1.82, 2.24) is 9.47 Å². The summed E-state index contributed by atoms with van der Waals surface area (Å²) in [6.07, 6.45) is 1.65. The number of carbonyl (C=O) groups is 4. The molecule has 1 aliphatic heterocycles. The van der Waals surface area contributed by atoms with Crippen LogP contribution in [0.15, 0.2) is 29.2 Å². The lowest BCUT2D eigenvalue weighted by Gasteiger charge is -2.15. The SMILES string of the molecule is CCOC(=O)CN1C(=O)S/C(=C/c2cc(C)n(-c3cccc(C(=O)OC)c3C)c2C)C1=O. The Labute approximate surface area is 190 Å². The molecule has 0 atom stereocenters. The van der Waals surface area contributed by atoms with Gasteiger partial charge in [0, 0.05) is 17.1 Å². The first-order valence-corrected chi connectivity index (χ1v) is 10.8. The standard InChI is InChI=1S/C23H24N2O6S/c1-6-31-20(26)12-24-21(27)19(32-23(24)29)11-16-10-13(2)25(15(16)4)18-9-7-8-17(14(18)3)22(28)30-5/h7-11H,6,12H2,1-5H3/b19-11+. The van der Waals surface area contributed by atoms with Crippen LogP contribution in [0.1, 0.15) is 39.8 Å². The summed E-state index contributed by atoms with van der Waals surface area (Å²) < 4.78 is 11.7. The summed E-state index contributed by atoms with van der Waals surface area (Å²) in [5.41, 5.74) is 4.54. The minimum absolute atomic E-state index is 0.174. The summed E-state index contributed by atoms with van der Waals surface area (Å²) in [6, 6.07) is 7.30. The van der Waals surface area contributed by atoms with Crippen molar-refractivity contribution >= 4 is 40.9 Å². The number of methoxy groups -OCH3 is 1. The average molecular weight is 457 g/mol. The number of ether oxygens (including phenoxy) is 2. The number of amides is 2. The second kappa shape index (κ2) is 9.44. The van der Waals surface area contributed by atoms with E-state index in [1.54, 1.807) is 25.1 Å². The van der Waals surface area contributed by atoms with Gasteiger partial charge in [-0.2, -0.15) is 0 Å². The molecule has 0 aliphatic carbocycles. The second-order valence-electron chi connectivity index (χ2n) is 7.18. The van der Waals surface area contributed by atoms with E-state index in [0.717, 1.165) is 44.9 Å². The van der Waals surface area contributed by atoms with Crippen molar-refractivity contribution in [2.24, 2.45) is 0 Å². The Morgan fingerprint density at radius 2 is 1.88 bits per heavy atom. The molecular formula is C23H24N2O6S. The van der Waals surface area contributed by atoms with Crippen molar-refractivity contribution < 1.29 is 28.7 Å². The van der Waals surface area contributed by atoms with Gasteiger partial charge >= 0.3 is 11.9 Å². The molecule has 0 unspecified atom stereocenters. The lowest BCUT2D eigenvalue weighted by atomic mass is 10.1.